The van der Waals surface area contributed by atoms with E-state index in [1.165, 1.54) is 0 Å². The average molecular weight is 194 g/mol. The molecule has 0 aliphatic heterocycles. The third kappa shape index (κ3) is 2.32. The van der Waals surface area contributed by atoms with Gasteiger partial charge in [0.15, 0.2) is 12.9 Å². The van der Waals surface area contributed by atoms with Gasteiger partial charge in [-0.15, -0.1) is 0 Å². The molecule has 4 nitrogen and oxygen atoms in total. The largest absolute Gasteiger partial charge is 0.481 e. The van der Waals surface area contributed by atoms with Crippen LogP contribution >= 0.6 is 0 Å². The van der Waals surface area contributed by atoms with Crippen molar-refractivity contribution in [3.05, 3.63) is 29.3 Å². The molecular formula is C10H10O4. The molecule has 0 atom stereocenters. The molecule has 0 unspecified atom stereocenters. The fourth-order valence-electron chi connectivity index (χ4n) is 1.10. The third-order valence-corrected chi connectivity index (χ3v) is 1.71. The molecule has 14 heavy (non-hydrogen) atoms. The first-order valence-corrected chi connectivity index (χ1v) is 4.04. The van der Waals surface area contributed by atoms with Gasteiger partial charge in [0.05, 0.1) is 5.56 Å². The van der Waals surface area contributed by atoms with E-state index >= 15 is 0 Å². The van der Waals surface area contributed by atoms with Crippen molar-refractivity contribution >= 4 is 12.3 Å². The number of carbonyl (C=O) groups is 2. The Labute approximate surface area is 81.1 Å². The maximum Gasteiger partial charge on any atom is 0.341 e. The molecule has 0 radical (unpaired) electrons. The number of hydrogen-bond donors (Lipinski definition) is 1. The first-order chi connectivity index (χ1) is 6.65. The number of para-hydroxylation sites is 1. The van der Waals surface area contributed by atoms with Crippen LogP contribution in [-0.2, 0) is 4.79 Å². The van der Waals surface area contributed by atoms with Crippen molar-refractivity contribution in [2.75, 3.05) is 6.61 Å². The summed E-state index contributed by atoms with van der Waals surface area (Å²) < 4.78 is 4.99. The highest BCUT2D eigenvalue weighted by atomic mass is 16.5. The summed E-state index contributed by atoms with van der Waals surface area (Å²) in [6.45, 7) is 1.32. The van der Waals surface area contributed by atoms with E-state index in [-0.39, 0.29) is 0 Å². The number of rotatable bonds is 4. The summed E-state index contributed by atoms with van der Waals surface area (Å²) >= 11 is 0. The van der Waals surface area contributed by atoms with Crippen LogP contribution in [0.1, 0.15) is 15.9 Å². The van der Waals surface area contributed by atoms with Crippen LogP contribution in [0.2, 0.25) is 0 Å². The molecule has 1 aromatic rings. The molecule has 1 aromatic carbocycles. The molecule has 0 saturated heterocycles. The molecule has 74 valence electrons. The Kier molecular flexibility index (Phi) is 3.23. The Morgan fingerprint density at radius 2 is 2.29 bits per heavy atom. The van der Waals surface area contributed by atoms with E-state index in [1.807, 2.05) is 0 Å². The topological polar surface area (TPSA) is 63.6 Å². The quantitative estimate of drug-likeness (QED) is 0.733. The van der Waals surface area contributed by atoms with E-state index in [9.17, 15) is 9.59 Å². The summed E-state index contributed by atoms with van der Waals surface area (Å²) in [6.07, 6.45) is 0.643. The van der Waals surface area contributed by atoms with Crippen molar-refractivity contribution in [1.29, 1.82) is 0 Å². The second kappa shape index (κ2) is 4.41. The summed E-state index contributed by atoms with van der Waals surface area (Å²) in [5, 5.41) is 8.42. The molecule has 1 N–H and O–H groups in total. The van der Waals surface area contributed by atoms with Crippen molar-refractivity contribution in [2.24, 2.45) is 0 Å². The van der Waals surface area contributed by atoms with Gasteiger partial charge in [-0.1, -0.05) is 12.1 Å². The fourth-order valence-corrected chi connectivity index (χ4v) is 1.10. The van der Waals surface area contributed by atoms with E-state index in [2.05, 4.69) is 0 Å². The molecule has 0 spiro atoms. The second-order valence-corrected chi connectivity index (χ2v) is 2.79. The number of ether oxygens (including phenoxy) is 1. The monoisotopic (exact) mass is 194 g/mol. The lowest BCUT2D eigenvalue weighted by molar-refractivity contribution is -0.139. The Bertz CT molecular complexity index is 357. The van der Waals surface area contributed by atoms with Gasteiger partial charge in [0.25, 0.3) is 0 Å². The van der Waals surface area contributed by atoms with Crippen molar-refractivity contribution in [3.63, 3.8) is 0 Å². The number of carbonyl (C=O) groups excluding carboxylic acids is 1. The molecular weight excluding hydrogens is 184 g/mol. The van der Waals surface area contributed by atoms with Crippen molar-refractivity contribution in [3.8, 4) is 5.75 Å². The van der Waals surface area contributed by atoms with Crippen LogP contribution in [0.4, 0.5) is 0 Å². The van der Waals surface area contributed by atoms with Crippen molar-refractivity contribution in [2.45, 2.75) is 6.92 Å². The highest BCUT2D eigenvalue weighted by molar-refractivity contribution is 5.80. The lowest BCUT2D eigenvalue weighted by atomic mass is 10.1. The normalized spacial score (nSPS) is 9.50. The standard InChI is InChI=1S/C10H10O4/c1-7-3-2-4-8(5-11)10(7)14-6-9(12)13/h2-5H,6H2,1H3,(H,12,13). The molecule has 0 heterocycles. The third-order valence-electron chi connectivity index (χ3n) is 1.71. The molecule has 0 aliphatic rings. The van der Waals surface area contributed by atoms with E-state index in [1.54, 1.807) is 25.1 Å². The van der Waals surface area contributed by atoms with Gasteiger partial charge in [0.2, 0.25) is 0 Å². The second-order valence-electron chi connectivity index (χ2n) is 2.79. The van der Waals surface area contributed by atoms with Gasteiger partial charge in [-0.2, -0.15) is 0 Å². The lowest BCUT2D eigenvalue weighted by Crippen LogP contribution is -2.11. The van der Waals surface area contributed by atoms with Crippen LogP contribution in [0.5, 0.6) is 5.75 Å². The van der Waals surface area contributed by atoms with Gasteiger partial charge >= 0.3 is 5.97 Å². The molecule has 0 fully saturated rings. The number of aryl methyl sites for hydroxylation is 1. The van der Waals surface area contributed by atoms with Crippen molar-refractivity contribution < 1.29 is 19.4 Å². The van der Waals surface area contributed by atoms with Gasteiger partial charge in [-0.25, -0.2) is 4.79 Å². The molecule has 0 amide bonds. The van der Waals surface area contributed by atoms with Crippen LogP contribution in [0.15, 0.2) is 18.2 Å². The lowest BCUT2D eigenvalue weighted by Gasteiger charge is -2.08. The summed E-state index contributed by atoms with van der Waals surface area (Å²) in [5.74, 6) is -0.727. The van der Waals surface area contributed by atoms with Gasteiger partial charge in [-0.05, 0) is 18.6 Å². The minimum absolute atomic E-state index is 0.338. The molecule has 0 aromatic heterocycles. The summed E-state index contributed by atoms with van der Waals surface area (Å²) in [4.78, 5) is 20.9. The maximum atomic E-state index is 10.6. The first-order valence-electron chi connectivity index (χ1n) is 4.04. The summed E-state index contributed by atoms with van der Waals surface area (Å²) in [5.41, 5.74) is 1.11. The highest BCUT2D eigenvalue weighted by Crippen LogP contribution is 2.21. The number of aliphatic carboxylic acids is 1. The number of carboxylic acid groups (broad SMARTS) is 1. The van der Waals surface area contributed by atoms with Gasteiger partial charge < -0.3 is 9.84 Å². The Hall–Kier alpha value is -1.84. The van der Waals surface area contributed by atoms with E-state index in [0.29, 0.717) is 17.6 Å². The number of benzene rings is 1. The molecule has 0 bridgehead atoms. The van der Waals surface area contributed by atoms with Gasteiger partial charge in [0.1, 0.15) is 5.75 Å². The predicted octanol–water partition coefficient (Wildman–Crippen LogP) is 1.27. The number of carboxylic acids is 1. The molecule has 4 heteroatoms. The minimum Gasteiger partial charge on any atom is -0.481 e. The number of hydrogen-bond acceptors (Lipinski definition) is 3. The fraction of sp³-hybridized carbons (Fsp3) is 0.200. The van der Waals surface area contributed by atoms with Crippen molar-refractivity contribution in [1.82, 2.24) is 0 Å². The van der Waals surface area contributed by atoms with Crippen LogP contribution in [0, 0.1) is 6.92 Å². The molecule has 0 saturated carbocycles. The number of aldehydes is 1. The van der Waals surface area contributed by atoms with E-state index < -0.39 is 12.6 Å². The van der Waals surface area contributed by atoms with Gasteiger partial charge in [0, 0.05) is 0 Å². The van der Waals surface area contributed by atoms with Crippen LogP contribution in [0.25, 0.3) is 0 Å². The van der Waals surface area contributed by atoms with E-state index in [0.717, 1.165) is 5.56 Å². The smallest absolute Gasteiger partial charge is 0.341 e. The first kappa shape index (κ1) is 10.2. The average Bonchev–Trinajstić information content (AvgIpc) is 2.15. The Morgan fingerprint density at radius 3 is 2.86 bits per heavy atom. The van der Waals surface area contributed by atoms with Crippen LogP contribution in [-0.4, -0.2) is 24.0 Å². The zero-order valence-corrected chi connectivity index (χ0v) is 7.69. The van der Waals surface area contributed by atoms with Crippen LogP contribution < -0.4 is 4.74 Å². The Morgan fingerprint density at radius 1 is 1.57 bits per heavy atom. The molecule has 1 rings (SSSR count). The minimum atomic E-state index is -1.06. The zero-order chi connectivity index (χ0) is 10.6. The summed E-state index contributed by atoms with van der Waals surface area (Å²) in [6, 6.07) is 5.05. The van der Waals surface area contributed by atoms with E-state index in [4.69, 9.17) is 9.84 Å². The maximum absolute atomic E-state index is 10.6. The molecule has 0 aliphatic carbocycles. The predicted molar refractivity (Wildman–Crippen MR) is 49.7 cm³/mol. The zero-order valence-electron chi connectivity index (χ0n) is 7.69. The van der Waals surface area contributed by atoms with Crippen LogP contribution in [0.3, 0.4) is 0 Å². The highest BCUT2D eigenvalue weighted by Gasteiger charge is 2.07. The summed E-state index contributed by atoms with van der Waals surface area (Å²) in [7, 11) is 0. The Balaban J connectivity index is 2.93. The SMILES string of the molecule is Cc1cccc(C=O)c1OCC(=O)O. The van der Waals surface area contributed by atoms with Gasteiger partial charge in [-0.3, -0.25) is 4.79 Å².